The minimum atomic E-state index is 0.130. The monoisotopic (exact) mass is 354 g/mol. The molecule has 0 aromatic heterocycles. The topological polar surface area (TPSA) is 0 Å². The summed E-state index contributed by atoms with van der Waals surface area (Å²) in [7, 11) is 0. The van der Waals surface area contributed by atoms with Crippen LogP contribution < -0.4 is 0 Å². The summed E-state index contributed by atoms with van der Waals surface area (Å²) in [5.74, 6) is 0. The van der Waals surface area contributed by atoms with Gasteiger partial charge < -0.3 is 0 Å². The summed E-state index contributed by atoms with van der Waals surface area (Å²) >= 11 is 0. The molecule has 1 aliphatic carbocycles. The van der Waals surface area contributed by atoms with Gasteiger partial charge in [0, 0.05) is 5.41 Å². The van der Waals surface area contributed by atoms with Crippen LogP contribution in [0.1, 0.15) is 87.0 Å². The van der Waals surface area contributed by atoms with Gasteiger partial charge in [0.2, 0.25) is 0 Å². The Kier molecular flexibility index (Phi) is 8.38. The molecule has 1 rings (SSSR count). The average Bonchev–Trinajstić information content (AvgIpc) is 2.82. The van der Waals surface area contributed by atoms with Gasteiger partial charge in [-0.1, -0.05) is 97.6 Å². The van der Waals surface area contributed by atoms with Crippen molar-refractivity contribution < 1.29 is 0 Å². The third kappa shape index (κ3) is 5.12. The minimum Gasteiger partial charge on any atom is -0.0953 e. The molecule has 0 radical (unpaired) electrons. The number of hydrogen-bond acceptors (Lipinski definition) is 0. The summed E-state index contributed by atoms with van der Waals surface area (Å²) in [5, 5.41) is 0. The van der Waals surface area contributed by atoms with E-state index < -0.39 is 0 Å². The Balaban J connectivity index is 3.34. The van der Waals surface area contributed by atoms with Crippen molar-refractivity contribution in [2.24, 2.45) is 16.2 Å². The highest BCUT2D eigenvalue weighted by molar-refractivity contribution is 5.37. The molecular weight excluding hydrogens is 312 g/mol. The molecule has 0 saturated carbocycles. The van der Waals surface area contributed by atoms with Crippen LogP contribution in [0, 0.1) is 16.2 Å². The highest BCUT2D eigenvalue weighted by Gasteiger charge is 2.40. The molecule has 0 heterocycles. The first-order chi connectivity index (χ1) is 12.2. The molecule has 146 valence electrons. The average molecular weight is 355 g/mol. The molecule has 0 heteroatoms. The molecule has 0 N–H and O–H groups in total. The largest absolute Gasteiger partial charge is 0.0953 e. The highest BCUT2D eigenvalue weighted by atomic mass is 14.4. The van der Waals surface area contributed by atoms with Gasteiger partial charge in [-0.25, -0.2) is 0 Å². The van der Waals surface area contributed by atoms with Crippen molar-refractivity contribution in [2.45, 2.75) is 87.0 Å². The maximum Gasteiger partial charge on any atom is 0.00107 e. The number of hydrogen-bond donors (Lipinski definition) is 0. The molecule has 0 aromatic rings. The van der Waals surface area contributed by atoms with E-state index in [1.165, 1.54) is 30.4 Å². The Bertz CT molecular complexity index is 569. The van der Waals surface area contributed by atoms with E-state index >= 15 is 0 Å². The van der Waals surface area contributed by atoms with E-state index in [4.69, 9.17) is 0 Å². The zero-order valence-electron chi connectivity index (χ0n) is 18.5. The second-order valence-corrected chi connectivity index (χ2v) is 8.62. The molecule has 1 aliphatic rings. The van der Waals surface area contributed by atoms with Gasteiger partial charge in [0.15, 0.2) is 0 Å². The maximum absolute atomic E-state index is 4.51. The van der Waals surface area contributed by atoms with Crippen molar-refractivity contribution in [3.8, 4) is 0 Å². The molecule has 0 atom stereocenters. The van der Waals surface area contributed by atoms with Gasteiger partial charge in [0.25, 0.3) is 0 Å². The third-order valence-electron chi connectivity index (χ3n) is 6.73. The van der Waals surface area contributed by atoms with Gasteiger partial charge in [-0.3, -0.25) is 0 Å². The first-order valence-corrected chi connectivity index (χ1v) is 10.7. The second kappa shape index (κ2) is 9.58. The van der Waals surface area contributed by atoms with Crippen LogP contribution in [0.5, 0.6) is 0 Å². The molecule has 0 aromatic carbocycles. The highest BCUT2D eigenvalue weighted by Crippen LogP contribution is 2.52. The van der Waals surface area contributed by atoms with E-state index in [1.807, 2.05) is 0 Å². The van der Waals surface area contributed by atoms with Gasteiger partial charge in [0.1, 0.15) is 0 Å². The summed E-state index contributed by atoms with van der Waals surface area (Å²) in [6.45, 7) is 20.6. The van der Waals surface area contributed by atoms with Crippen LogP contribution in [0.3, 0.4) is 0 Å². The zero-order chi connectivity index (χ0) is 19.8. The molecule has 0 amide bonds. The van der Waals surface area contributed by atoms with Crippen LogP contribution in [0.4, 0.5) is 0 Å². The first kappa shape index (κ1) is 22.7. The lowest BCUT2D eigenvalue weighted by Gasteiger charge is -2.44. The summed E-state index contributed by atoms with van der Waals surface area (Å²) in [5.41, 5.74) is 3.31. The molecule has 0 spiro atoms. The molecule has 0 bridgehead atoms. The van der Waals surface area contributed by atoms with Crippen LogP contribution in [0.15, 0.2) is 60.3 Å². The van der Waals surface area contributed by atoms with Crippen LogP contribution in [0.2, 0.25) is 0 Å². The van der Waals surface area contributed by atoms with Gasteiger partial charge in [-0.15, -0.1) is 0 Å². The van der Waals surface area contributed by atoms with Gasteiger partial charge in [-0.2, -0.15) is 0 Å². The van der Waals surface area contributed by atoms with Gasteiger partial charge in [-0.05, 0) is 60.5 Å². The van der Waals surface area contributed by atoms with E-state index in [1.54, 1.807) is 0 Å². The molecule has 0 aliphatic heterocycles. The quantitative estimate of drug-likeness (QED) is 0.344. The van der Waals surface area contributed by atoms with Crippen molar-refractivity contribution in [1.82, 2.24) is 0 Å². The summed E-state index contributed by atoms with van der Waals surface area (Å²) in [4.78, 5) is 0. The van der Waals surface area contributed by atoms with Gasteiger partial charge >= 0.3 is 0 Å². The Hall–Kier alpha value is -1.30. The fraction of sp³-hybridized carbons (Fsp3) is 0.615. The van der Waals surface area contributed by atoms with E-state index in [0.717, 1.165) is 19.3 Å². The Morgan fingerprint density at radius 1 is 1.00 bits per heavy atom. The predicted molar refractivity (Wildman–Crippen MR) is 119 cm³/mol. The van der Waals surface area contributed by atoms with Crippen molar-refractivity contribution in [1.29, 1.82) is 0 Å². The molecular formula is C26H42. The van der Waals surface area contributed by atoms with E-state index in [0.29, 0.717) is 0 Å². The zero-order valence-corrected chi connectivity index (χ0v) is 18.5. The van der Waals surface area contributed by atoms with Crippen LogP contribution in [-0.2, 0) is 0 Å². The van der Waals surface area contributed by atoms with Crippen LogP contribution in [-0.4, -0.2) is 0 Å². The fourth-order valence-corrected chi connectivity index (χ4v) is 4.33. The Labute approximate surface area is 163 Å². The van der Waals surface area contributed by atoms with E-state index in [-0.39, 0.29) is 16.2 Å². The fourth-order valence-electron chi connectivity index (χ4n) is 4.33. The standard InChI is InChI=1S/C26H42/c1-9-14-16-22(6)25(10-2,11-3)21-26(12-4,13-5)23-17-15-19-24(7,8)20-18-23/h14-20H,6,9-13,21H2,1-5,7-8H3/b16-14-. The Morgan fingerprint density at radius 3 is 2.12 bits per heavy atom. The molecule has 0 fully saturated rings. The van der Waals surface area contributed by atoms with E-state index in [2.05, 4.69) is 97.6 Å². The van der Waals surface area contributed by atoms with Crippen LogP contribution in [0.25, 0.3) is 0 Å². The van der Waals surface area contributed by atoms with Crippen LogP contribution >= 0.6 is 0 Å². The summed E-state index contributed by atoms with van der Waals surface area (Å²) in [6.07, 6.45) is 23.1. The number of rotatable bonds is 10. The normalized spacial score (nSPS) is 17.4. The Morgan fingerprint density at radius 2 is 1.62 bits per heavy atom. The molecule has 26 heavy (non-hydrogen) atoms. The van der Waals surface area contributed by atoms with E-state index in [9.17, 15) is 0 Å². The van der Waals surface area contributed by atoms with Crippen molar-refractivity contribution in [3.05, 3.63) is 60.3 Å². The lowest BCUT2D eigenvalue weighted by atomic mass is 9.60. The van der Waals surface area contributed by atoms with Crippen molar-refractivity contribution >= 4 is 0 Å². The molecule has 0 unspecified atom stereocenters. The first-order valence-electron chi connectivity index (χ1n) is 10.7. The lowest BCUT2D eigenvalue weighted by molar-refractivity contribution is 0.175. The number of allylic oxidation sites excluding steroid dienone is 9. The van der Waals surface area contributed by atoms with Crippen molar-refractivity contribution in [3.63, 3.8) is 0 Å². The summed E-state index contributed by atoms with van der Waals surface area (Å²) < 4.78 is 0. The maximum atomic E-state index is 4.51. The third-order valence-corrected chi connectivity index (χ3v) is 6.73. The summed E-state index contributed by atoms with van der Waals surface area (Å²) in [6, 6.07) is 0. The van der Waals surface area contributed by atoms with Crippen molar-refractivity contribution in [2.75, 3.05) is 0 Å². The van der Waals surface area contributed by atoms with Gasteiger partial charge in [0.05, 0.1) is 0 Å². The molecule has 0 saturated heterocycles. The predicted octanol–water partition coefficient (Wildman–Crippen LogP) is 8.59. The molecule has 0 nitrogen and oxygen atoms in total. The smallest absolute Gasteiger partial charge is 0.00107 e. The lowest BCUT2D eigenvalue weighted by Crippen LogP contribution is -2.33. The minimum absolute atomic E-state index is 0.130. The SMILES string of the molecule is C=C(/C=C\CC)C(CC)(CC)CC(CC)(CC)C1=CC=CC(C)(C)C=C1. The second-order valence-electron chi connectivity index (χ2n) is 8.62.